The molecule has 0 saturated heterocycles. The highest BCUT2D eigenvalue weighted by molar-refractivity contribution is 6.23. The summed E-state index contributed by atoms with van der Waals surface area (Å²) in [6.45, 7) is 2.36. The fourth-order valence-electron chi connectivity index (χ4n) is 1.71. The smallest absolute Gasteiger partial charge is 0.284 e. The lowest BCUT2D eigenvalue weighted by atomic mass is 10.1. The zero-order chi connectivity index (χ0) is 12.3. The number of benzene rings is 1. The second kappa shape index (κ2) is 4.78. The van der Waals surface area contributed by atoms with Gasteiger partial charge in [0, 0.05) is 6.54 Å². The van der Waals surface area contributed by atoms with Crippen LogP contribution in [0.2, 0.25) is 0 Å². The SMILES string of the molecule is Cc1nc2ccc(CCNC(=O)C=O)cc2[nH]1. The molecule has 0 spiro atoms. The highest BCUT2D eigenvalue weighted by atomic mass is 16.2. The number of aromatic amines is 1. The van der Waals surface area contributed by atoms with Crippen LogP contribution in [0.25, 0.3) is 11.0 Å². The van der Waals surface area contributed by atoms with Gasteiger partial charge in [-0.1, -0.05) is 6.07 Å². The molecular formula is C12H13N3O2. The molecule has 0 atom stereocenters. The molecule has 17 heavy (non-hydrogen) atoms. The number of aromatic nitrogens is 2. The maximum absolute atomic E-state index is 10.7. The zero-order valence-corrected chi connectivity index (χ0v) is 9.49. The first-order valence-electron chi connectivity index (χ1n) is 5.37. The fourth-order valence-corrected chi connectivity index (χ4v) is 1.71. The number of carbonyl (C=O) groups is 2. The van der Waals surface area contributed by atoms with Gasteiger partial charge in [-0.25, -0.2) is 4.98 Å². The van der Waals surface area contributed by atoms with Gasteiger partial charge in [0.15, 0.2) is 0 Å². The second-order valence-corrected chi connectivity index (χ2v) is 3.83. The number of aldehydes is 1. The lowest BCUT2D eigenvalue weighted by Crippen LogP contribution is -2.26. The maximum Gasteiger partial charge on any atom is 0.284 e. The van der Waals surface area contributed by atoms with Gasteiger partial charge in [0.2, 0.25) is 6.29 Å². The molecule has 1 amide bonds. The van der Waals surface area contributed by atoms with E-state index in [0.717, 1.165) is 22.4 Å². The van der Waals surface area contributed by atoms with Gasteiger partial charge in [-0.2, -0.15) is 0 Å². The molecule has 0 unspecified atom stereocenters. The van der Waals surface area contributed by atoms with Crippen molar-refractivity contribution in [2.45, 2.75) is 13.3 Å². The molecular weight excluding hydrogens is 218 g/mol. The summed E-state index contributed by atoms with van der Waals surface area (Å²) in [5, 5.41) is 2.50. The van der Waals surface area contributed by atoms with Gasteiger partial charge in [0.05, 0.1) is 11.0 Å². The lowest BCUT2D eigenvalue weighted by Gasteiger charge is -2.01. The molecule has 1 heterocycles. The summed E-state index contributed by atoms with van der Waals surface area (Å²) in [6.07, 6.45) is 0.967. The van der Waals surface area contributed by atoms with Crippen molar-refractivity contribution in [3.05, 3.63) is 29.6 Å². The summed E-state index contributed by atoms with van der Waals surface area (Å²) in [5.74, 6) is 0.301. The molecule has 0 fully saturated rings. The van der Waals surface area contributed by atoms with E-state index in [4.69, 9.17) is 0 Å². The van der Waals surface area contributed by atoms with Crippen molar-refractivity contribution in [1.29, 1.82) is 0 Å². The molecule has 2 N–H and O–H groups in total. The van der Waals surface area contributed by atoms with Crippen LogP contribution in [0.5, 0.6) is 0 Å². The van der Waals surface area contributed by atoms with Crippen molar-refractivity contribution in [3.8, 4) is 0 Å². The normalized spacial score (nSPS) is 10.4. The summed E-state index contributed by atoms with van der Waals surface area (Å²) >= 11 is 0. The maximum atomic E-state index is 10.7. The third-order valence-corrected chi connectivity index (χ3v) is 2.48. The summed E-state index contributed by atoms with van der Waals surface area (Å²) in [6, 6.07) is 5.91. The third kappa shape index (κ3) is 2.69. The number of rotatable bonds is 4. The van der Waals surface area contributed by atoms with Crippen LogP contribution in [0.3, 0.4) is 0 Å². The summed E-state index contributed by atoms with van der Waals surface area (Å²) in [5.41, 5.74) is 3.01. The largest absolute Gasteiger partial charge is 0.349 e. The molecule has 0 saturated carbocycles. The monoisotopic (exact) mass is 231 g/mol. The van der Waals surface area contributed by atoms with Crippen molar-refractivity contribution in [1.82, 2.24) is 15.3 Å². The molecule has 5 heteroatoms. The van der Waals surface area contributed by atoms with Crippen molar-refractivity contribution in [2.75, 3.05) is 6.54 Å². The predicted molar refractivity (Wildman–Crippen MR) is 63.6 cm³/mol. The number of carbonyl (C=O) groups excluding carboxylic acids is 2. The molecule has 2 aromatic rings. The number of imidazole rings is 1. The second-order valence-electron chi connectivity index (χ2n) is 3.83. The van der Waals surface area contributed by atoms with Gasteiger partial charge < -0.3 is 10.3 Å². The van der Waals surface area contributed by atoms with Crippen molar-refractivity contribution >= 4 is 23.2 Å². The van der Waals surface area contributed by atoms with E-state index in [1.54, 1.807) is 0 Å². The van der Waals surface area contributed by atoms with Gasteiger partial charge in [0.1, 0.15) is 5.82 Å². The van der Waals surface area contributed by atoms with Gasteiger partial charge in [0.25, 0.3) is 5.91 Å². The molecule has 0 aliphatic heterocycles. The van der Waals surface area contributed by atoms with E-state index in [-0.39, 0.29) is 6.29 Å². The Morgan fingerprint density at radius 1 is 1.53 bits per heavy atom. The van der Waals surface area contributed by atoms with E-state index in [9.17, 15) is 9.59 Å². The highest BCUT2D eigenvalue weighted by Crippen LogP contribution is 2.13. The Hall–Kier alpha value is -2.17. The Labute approximate surface area is 98.2 Å². The Morgan fingerprint density at radius 2 is 2.35 bits per heavy atom. The van der Waals surface area contributed by atoms with Crippen molar-refractivity contribution in [3.63, 3.8) is 0 Å². The highest BCUT2D eigenvalue weighted by Gasteiger charge is 2.01. The third-order valence-electron chi connectivity index (χ3n) is 2.48. The number of aryl methyl sites for hydroxylation is 1. The molecule has 0 bridgehead atoms. The van der Waals surface area contributed by atoms with E-state index >= 15 is 0 Å². The minimum absolute atomic E-state index is 0.279. The van der Waals surface area contributed by atoms with E-state index in [1.807, 2.05) is 25.1 Å². The van der Waals surface area contributed by atoms with E-state index in [2.05, 4.69) is 15.3 Å². The lowest BCUT2D eigenvalue weighted by molar-refractivity contribution is -0.131. The molecule has 1 aromatic heterocycles. The fraction of sp³-hybridized carbons (Fsp3) is 0.250. The van der Waals surface area contributed by atoms with Crippen LogP contribution in [-0.2, 0) is 16.0 Å². The number of H-pyrrole nitrogens is 1. The molecule has 0 radical (unpaired) electrons. The minimum Gasteiger partial charge on any atom is -0.349 e. The van der Waals surface area contributed by atoms with Crippen LogP contribution in [0.15, 0.2) is 18.2 Å². The summed E-state index contributed by atoms with van der Waals surface area (Å²) in [4.78, 5) is 28.3. The number of nitrogens with zero attached hydrogens (tertiary/aromatic N) is 1. The standard InChI is InChI=1S/C12H13N3O2/c1-8-14-10-3-2-9(6-11(10)15-8)4-5-13-12(17)7-16/h2-3,6-7H,4-5H2,1H3,(H,13,17)(H,14,15). The Balaban J connectivity index is 2.03. The van der Waals surface area contributed by atoms with E-state index in [0.29, 0.717) is 13.0 Å². The van der Waals surface area contributed by atoms with Gasteiger partial charge in [-0.3, -0.25) is 9.59 Å². The first kappa shape index (κ1) is 11.3. The number of hydrogen-bond acceptors (Lipinski definition) is 3. The average Bonchev–Trinajstić information content (AvgIpc) is 2.68. The average molecular weight is 231 g/mol. The zero-order valence-electron chi connectivity index (χ0n) is 9.49. The molecule has 0 aliphatic rings. The van der Waals surface area contributed by atoms with E-state index < -0.39 is 5.91 Å². The van der Waals surface area contributed by atoms with Crippen LogP contribution in [0, 0.1) is 6.92 Å². The molecule has 5 nitrogen and oxygen atoms in total. The van der Waals surface area contributed by atoms with Crippen molar-refractivity contribution in [2.24, 2.45) is 0 Å². The van der Waals surface area contributed by atoms with Crippen LogP contribution >= 0.6 is 0 Å². The first-order valence-corrected chi connectivity index (χ1v) is 5.37. The van der Waals surface area contributed by atoms with Crippen molar-refractivity contribution < 1.29 is 9.59 Å². The Kier molecular flexibility index (Phi) is 3.18. The van der Waals surface area contributed by atoms with Crippen LogP contribution in [0.1, 0.15) is 11.4 Å². The quantitative estimate of drug-likeness (QED) is 0.601. The number of fused-ring (bicyclic) bond motifs is 1. The predicted octanol–water partition coefficient (Wildman–Crippen LogP) is 0.729. The van der Waals surface area contributed by atoms with Crippen LogP contribution in [0.4, 0.5) is 0 Å². The molecule has 2 rings (SSSR count). The van der Waals surface area contributed by atoms with Crippen LogP contribution < -0.4 is 5.32 Å². The van der Waals surface area contributed by atoms with E-state index in [1.165, 1.54) is 0 Å². The summed E-state index contributed by atoms with van der Waals surface area (Å²) in [7, 11) is 0. The Morgan fingerprint density at radius 3 is 3.12 bits per heavy atom. The minimum atomic E-state index is -0.580. The molecule has 0 aliphatic carbocycles. The first-order chi connectivity index (χ1) is 8.19. The molecule has 1 aromatic carbocycles. The number of nitrogens with one attached hydrogen (secondary N) is 2. The topological polar surface area (TPSA) is 74.8 Å². The Bertz CT molecular complexity index is 560. The van der Waals surface area contributed by atoms with Gasteiger partial charge in [-0.15, -0.1) is 0 Å². The summed E-state index contributed by atoms with van der Waals surface area (Å²) < 4.78 is 0. The van der Waals surface area contributed by atoms with Gasteiger partial charge >= 0.3 is 0 Å². The number of amides is 1. The van der Waals surface area contributed by atoms with Crippen LogP contribution in [-0.4, -0.2) is 28.7 Å². The molecule has 88 valence electrons. The van der Waals surface area contributed by atoms with Gasteiger partial charge in [-0.05, 0) is 31.0 Å². The number of hydrogen-bond donors (Lipinski definition) is 2.